The third kappa shape index (κ3) is 6.75. The van der Waals surface area contributed by atoms with Gasteiger partial charge in [-0.05, 0) is 51.8 Å². The number of hydrogen-bond donors (Lipinski definition) is 1. The molecule has 2 aromatic rings. The van der Waals surface area contributed by atoms with Crippen molar-refractivity contribution in [2.45, 2.75) is 65.6 Å². The summed E-state index contributed by atoms with van der Waals surface area (Å²) < 4.78 is 0. The normalized spacial score (nSPS) is 12.4. The molecule has 1 N–H and O–H groups in total. The van der Waals surface area contributed by atoms with E-state index < -0.39 is 11.6 Å². The first-order valence-corrected chi connectivity index (χ1v) is 10.9. The summed E-state index contributed by atoms with van der Waals surface area (Å²) in [6.45, 7) is 9.80. The van der Waals surface area contributed by atoms with Gasteiger partial charge in [0.1, 0.15) is 6.04 Å². The molecule has 0 fully saturated rings. The molecule has 0 spiro atoms. The van der Waals surface area contributed by atoms with Gasteiger partial charge < -0.3 is 10.2 Å². The molecule has 0 saturated heterocycles. The number of hydrogen-bond acceptors (Lipinski definition) is 2. The Morgan fingerprint density at radius 2 is 1.67 bits per heavy atom. The van der Waals surface area contributed by atoms with E-state index in [1.54, 1.807) is 23.1 Å². The van der Waals surface area contributed by atoms with Crippen molar-refractivity contribution in [2.24, 2.45) is 0 Å². The number of benzene rings is 2. The Bertz CT molecular complexity index is 886. The van der Waals surface area contributed by atoms with Crippen molar-refractivity contribution in [3.63, 3.8) is 0 Å². The van der Waals surface area contributed by atoms with Gasteiger partial charge in [-0.2, -0.15) is 0 Å². The van der Waals surface area contributed by atoms with Crippen LogP contribution in [0.15, 0.2) is 42.5 Å². The summed E-state index contributed by atoms with van der Waals surface area (Å²) in [4.78, 5) is 28.0. The Labute approximate surface area is 189 Å². The van der Waals surface area contributed by atoms with Crippen molar-refractivity contribution >= 4 is 35.0 Å². The highest BCUT2D eigenvalue weighted by molar-refractivity contribution is 6.36. The van der Waals surface area contributed by atoms with Crippen LogP contribution >= 0.6 is 23.2 Å². The fraction of sp³-hybridized carbons (Fsp3) is 0.417. The molecule has 0 unspecified atom stereocenters. The lowest BCUT2D eigenvalue weighted by atomic mass is 10.0. The van der Waals surface area contributed by atoms with Crippen molar-refractivity contribution in [3.05, 3.63) is 69.2 Å². The summed E-state index contributed by atoms with van der Waals surface area (Å²) in [5, 5.41) is 3.94. The molecular formula is C24H30Cl2N2O2. The zero-order valence-electron chi connectivity index (χ0n) is 18.3. The van der Waals surface area contributed by atoms with E-state index in [9.17, 15) is 9.59 Å². The van der Waals surface area contributed by atoms with Gasteiger partial charge in [-0.15, -0.1) is 0 Å². The second-order valence-corrected chi connectivity index (χ2v) is 9.37. The van der Waals surface area contributed by atoms with Gasteiger partial charge in [0.15, 0.2) is 0 Å². The van der Waals surface area contributed by atoms with Gasteiger partial charge in [-0.25, -0.2) is 0 Å². The highest BCUT2D eigenvalue weighted by Gasteiger charge is 2.31. The van der Waals surface area contributed by atoms with Gasteiger partial charge in [-0.1, -0.05) is 66.0 Å². The van der Waals surface area contributed by atoms with Gasteiger partial charge in [-0.3, -0.25) is 9.59 Å². The summed E-state index contributed by atoms with van der Waals surface area (Å²) in [6, 6.07) is 12.4. The number of carbonyl (C=O) groups is 2. The number of halogens is 2. The molecule has 2 aromatic carbocycles. The van der Waals surface area contributed by atoms with Gasteiger partial charge in [0.05, 0.1) is 6.42 Å². The zero-order valence-corrected chi connectivity index (χ0v) is 19.8. The minimum atomic E-state index is -0.631. The predicted molar refractivity (Wildman–Crippen MR) is 124 cm³/mol. The van der Waals surface area contributed by atoms with Crippen LogP contribution in [0.2, 0.25) is 10.0 Å². The van der Waals surface area contributed by atoms with Crippen molar-refractivity contribution in [1.82, 2.24) is 10.2 Å². The Morgan fingerprint density at radius 1 is 1.07 bits per heavy atom. The summed E-state index contributed by atoms with van der Waals surface area (Å²) in [7, 11) is 0. The van der Waals surface area contributed by atoms with E-state index in [1.807, 2.05) is 58.9 Å². The number of carbonyl (C=O) groups excluding carboxylic acids is 2. The molecule has 1 atom stereocenters. The maximum Gasteiger partial charge on any atom is 0.243 e. The molecule has 0 bridgehead atoms. The monoisotopic (exact) mass is 448 g/mol. The predicted octanol–water partition coefficient (Wildman–Crippen LogP) is 5.57. The minimum absolute atomic E-state index is 0.146. The van der Waals surface area contributed by atoms with E-state index in [1.165, 1.54) is 0 Å². The lowest BCUT2D eigenvalue weighted by Crippen LogP contribution is -2.53. The molecule has 0 aliphatic carbocycles. The summed E-state index contributed by atoms with van der Waals surface area (Å²) in [6.07, 6.45) is 0.673. The average molecular weight is 449 g/mol. The van der Waals surface area contributed by atoms with Crippen molar-refractivity contribution in [2.75, 3.05) is 0 Å². The lowest BCUT2D eigenvalue weighted by Gasteiger charge is -2.33. The number of aryl methyl sites for hydroxylation is 1. The Hall–Kier alpha value is -2.04. The Balaban J connectivity index is 2.39. The van der Waals surface area contributed by atoms with E-state index in [0.29, 0.717) is 22.0 Å². The molecule has 0 saturated carbocycles. The van der Waals surface area contributed by atoms with Crippen LogP contribution in [0.4, 0.5) is 0 Å². The van der Waals surface area contributed by atoms with E-state index in [4.69, 9.17) is 23.2 Å². The average Bonchev–Trinajstić information content (AvgIpc) is 2.62. The zero-order chi connectivity index (χ0) is 22.5. The molecule has 0 heterocycles. The van der Waals surface area contributed by atoms with Crippen molar-refractivity contribution in [3.8, 4) is 0 Å². The molecule has 4 nitrogen and oxygen atoms in total. The first-order chi connectivity index (χ1) is 14.0. The maximum atomic E-state index is 13.4. The molecular weight excluding hydrogens is 419 g/mol. The second kappa shape index (κ2) is 10.3. The van der Waals surface area contributed by atoms with Gasteiger partial charge >= 0.3 is 0 Å². The van der Waals surface area contributed by atoms with Gasteiger partial charge in [0, 0.05) is 27.7 Å². The van der Waals surface area contributed by atoms with Crippen LogP contribution in [0.3, 0.4) is 0 Å². The second-order valence-electron chi connectivity index (χ2n) is 8.55. The van der Waals surface area contributed by atoms with Crippen LogP contribution in [0.1, 0.15) is 50.8 Å². The highest BCUT2D eigenvalue weighted by atomic mass is 35.5. The van der Waals surface area contributed by atoms with Crippen LogP contribution in [-0.2, 0) is 22.6 Å². The van der Waals surface area contributed by atoms with Crippen LogP contribution in [0.25, 0.3) is 0 Å². The van der Waals surface area contributed by atoms with Crippen LogP contribution in [0.5, 0.6) is 0 Å². The summed E-state index contributed by atoms with van der Waals surface area (Å²) in [5.74, 6) is -0.335. The number of amides is 2. The van der Waals surface area contributed by atoms with Crippen LogP contribution in [-0.4, -0.2) is 28.3 Å². The smallest absolute Gasteiger partial charge is 0.243 e. The quantitative estimate of drug-likeness (QED) is 0.601. The minimum Gasteiger partial charge on any atom is -0.350 e. The van der Waals surface area contributed by atoms with E-state index >= 15 is 0 Å². The first kappa shape index (κ1) is 24.2. The van der Waals surface area contributed by atoms with Crippen molar-refractivity contribution < 1.29 is 9.59 Å². The van der Waals surface area contributed by atoms with Crippen LogP contribution in [0, 0.1) is 6.92 Å². The van der Waals surface area contributed by atoms with Crippen LogP contribution < -0.4 is 5.32 Å². The molecule has 6 heteroatoms. The molecule has 2 amide bonds. The summed E-state index contributed by atoms with van der Waals surface area (Å²) in [5.41, 5.74) is 2.22. The maximum absolute atomic E-state index is 13.4. The number of nitrogens with one attached hydrogen (secondary N) is 1. The van der Waals surface area contributed by atoms with E-state index in [-0.39, 0.29) is 24.8 Å². The summed E-state index contributed by atoms with van der Waals surface area (Å²) >= 11 is 12.7. The topological polar surface area (TPSA) is 49.4 Å². The number of rotatable bonds is 7. The molecule has 0 radical (unpaired) electrons. The fourth-order valence-electron chi connectivity index (χ4n) is 3.32. The third-order valence-electron chi connectivity index (χ3n) is 4.71. The third-order valence-corrected chi connectivity index (χ3v) is 5.42. The first-order valence-electron chi connectivity index (χ1n) is 10.1. The Kier molecular flexibility index (Phi) is 8.34. The SMILES string of the molecule is CC[C@@H](C(=O)NC(C)(C)C)N(Cc1c(Cl)cccc1Cl)C(=O)Cc1cccc(C)c1. The fourth-order valence-corrected chi connectivity index (χ4v) is 3.84. The molecule has 0 aliphatic rings. The molecule has 0 aromatic heterocycles. The van der Waals surface area contributed by atoms with E-state index in [2.05, 4.69) is 5.32 Å². The molecule has 162 valence electrons. The standard InChI is InChI=1S/C24H30Cl2N2O2/c1-6-21(23(30)27-24(3,4)5)28(15-18-19(25)11-8-12-20(18)26)22(29)14-17-10-7-9-16(2)13-17/h7-13,21H,6,14-15H2,1-5H3,(H,27,30)/t21-/m0/s1. The number of nitrogens with zero attached hydrogens (tertiary/aromatic N) is 1. The lowest BCUT2D eigenvalue weighted by molar-refractivity contribution is -0.141. The molecule has 30 heavy (non-hydrogen) atoms. The van der Waals surface area contributed by atoms with Gasteiger partial charge in [0.25, 0.3) is 0 Å². The largest absolute Gasteiger partial charge is 0.350 e. The highest BCUT2D eigenvalue weighted by Crippen LogP contribution is 2.27. The molecule has 0 aliphatic heterocycles. The van der Waals surface area contributed by atoms with Gasteiger partial charge in [0.2, 0.25) is 11.8 Å². The molecule has 2 rings (SSSR count). The van der Waals surface area contributed by atoms with E-state index in [0.717, 1.165) is 11.1 Å². The van der Waals surface area contributed by atoms with Crippen molar-refractivity contribution in [1.29, 1.82) is 0 Å². The Morgan fingerprint density at radius 3 is 2.20 bits per heavy atom.